The van der Waals surface area contributed by atoms with Crippen LogP contribution in [0.2, 0.25) is 10.0 Å². The number of carboxylic acids is 1. The van der Waals surface area contributed by atoms with Crippen molar-refractivity contribution < 1.29 is 19.4 Å². The first-order valence-corrected chi connectivity index (χ1v) is 7.85. The predicted molar refractivity (Wildman–Crippen MR) is 83.6 cm³/mol. The zero-order valence-electron chi connectivity index (χ0n) is 11.9. The van der Waals surface area contributed by atoms with Crippen LogP contribution in [0.15, 0.2) is 18.2 Å². The van der Waals surface area contributed by atoms with E-state index >= 15 is 0 Å². The lowest BCUT2D eigenvalue weighted by molar-refractivity contribution is -0.148. The number of amides is 1. The number of ether oxygens (including phenoxy) is 1. The number of hydrogen-bond donors (Lipinski definition) is 1. The lowest BCUT2D eigenvalue weighted by Crippen LogP contribution is -2.40. The largest absolute Gasteiger partial charge is 0.492 e. The standard InChI is InChI=1S/C15H17Cl2NO4/c16-10-4-1-6-12(14(10)17)22-9-3-7-13(19)18-8-2-5-11(18)15(20)21/h1,4,6,11H,2-3,5,7-9H2,(H,20,21). The molecule has 1 aliphatic rings. The molecule has 1 aromatic carbocycles. The minimum Gasteiger partial charge on any atom is -0.492 e. The van der Waals surface area contributed by atoms with E-state index < -0.39 is 12.0 Å². The number of hydrogen-bond acceptors (Lipinski definition) is 3. The molecular weight excluding hydrogens is 329 g/mol. The highest BCUT2D eigenvalue weighted by Gasteiger charge is 2.33. The molecule has 0 spiro atoms. The first-order valence-electron chi connectivity index (χ1n) is 7.10. The van der Waals surface area contributed by atoms with Gasteiger partial charge in [0.1, 0.15) is 16.8 Å². The maximum Gasteiger partial charge on any atom is 0.326 e. The first-order chi connectivity index (χ1) is 10.5. The number of halogens is 2. The molecule has 1 saturated heterocycles. The van der Waals surface area contributed by atoms with Gasteiger partial charge in [0, 0.05) is 13.0 Å². The van der Waals surface area contributed by atoms with Gasteiger partial charge in [-0.25, -0.2) is 4.79 Å². The summed E-state index contributed by atoms with van der Waals surface area (Å²) in [5.74, 6) is -0.607. The van der Waals surface area contributed by atoms with Crippen molar-refractivity contribution in [2.45, 2.75) is 31.7 Å². The average Bonchev–Trinajstić information content (AvgIpc) is 2.97. The second kappa shape index (κ2) is 7.70. The average molecular weight is 346 g/mol. The Hall–Kier alpha value is -1.46. The van der Waals surface area contributed by atoms with Crippen molar-refractivity contribution in [2.75, 3.05) is 13.2 Å². The Morgan fingerprint density at radius 1 is 1.36 bits per heavy atom. The Morgan fingerprint density at radius 2 is 2.14 bits per heavy atom. The van der Waals surface area contributed by atoms with Gasteiger partial charge in [0.25, 0.3) is 0 Å². The molecule has 2 rings (SSSR count). The van der Waals surface area contributed by atoms with E-state index in [9.17, 15) is 9.59 Å². The second-order valence-corrected chi connectivity index (χ2v) is 5.87. The maximum absolute atomic E-state index is 12.1. The third-order valence-electron chi connectivity index (χ3n) is 3.57. The number of carbonyl (C=O) groups excluding carboxylic acids is 1. The molecule has 0 radical (unpaired) electrons. The predicted octanol–water partition coefficient (Wildman–Crippen LogP) is 3.23. The summed E-state index contributed by atoms with van der Waals surface area (Å²) in [7, 11) is 0. The summed E-state index contributed by atoms with van der Waals surface area (Å²) < 4.78 is 5.50. The molecule has 1 fully saturated rings. The Balaban J connectivity index is 1.78. The molecule has 22 heavy (non-hydrogen) atoms. The zero-order chi connectivity index (χ0) is 16.1. The van der Waals surface area contributed by atoms with Gasteiger partial charge in [-0.1, -0.05) is 29.3 Å². The molecule has 0 saturated carbocycles. The van der Waals surface area contributed by atoms with Crippen LogP contribution < -0.4 is 4.74 Å². The molecule has 1 amide bonds. The molecule has 1 aromatic rings. The molecule has 1 atom stereocenters. The van der Waals surface area contributed by atoms with E-state index in [0.29, 0.717) is 41.8 Å². The third-order valence-corrected chi connectivity index (χ3v) is 4.37. The highest BCUT2D eigenvalue weighted by atomic mass is 35.5. The van der Waals surface area contributed by atoms with Gasteiger partial charge in [-0.05, 0) is 31.4 Å². The number of rotatable bonds is 6. The van der Waals surface area contributed by atoms with E-state index in [2.05, 4.69) is 0 Å². The minimum absolute atomic E-state index is 0.148. The lowest BCUT2D eigenvalue weighted by Gasteiger charge is -2.21. The monoisotopic (exact) mass is 345 g/mol. The molecular formula is C15H17Cl2NO4. The number of carbonyl (C=O) groups is 2. The van der Waals surface area contributed by atoms with Crippen LogP contribution >= 0.6 is 23.2 Å². The number of aliphatic carboxylic acids is 1. The number of likely N-dealkylation sites (tertiary alicyclic amines) is 1. The van der Waals surface area contributed by atoms with Gasteiger partial charge in [-0.15, -0.1) is 0 Å². The van der Waals surface area contributed by atoms with Crippen molar-refractivity contribution in [1.29, 1.82) is 0 Å². The van der Waals surface area contributed by atoms with Crippen molar-refractivity contribution in [3.63, 3.8) is 0 Å². The van der Waals surface area contributed by atoms with E-state index in [-0.39, 0.29) is 12.3 Å². The van der Waals surface area contributed by atoms with Gasteiger partial charge in [0.15, 0.2) is 0 Å². The minimum atomic E-state index is -0.937. The van der Waals surface area contributed by atoms with Crippen molar-refractivity contribution >= 4 is 35.1 Å². The molecule has 1 heterocycles. The van der Waals surface area contributed by atoms with Crippen molar-refractivity contribution in [3.05, 3.63) is 28.2 Å². The molecule has 1 aliphatic heterocycles. The van der Waals surface area contributed by atoms with Crippen LogP contribution in [0.4, 0.5) is 0 Å². The first kappa shape index (κ1) is 16.9. The summed E-state index contributed by atoms with van der Waals surface area (Å²) in [6, 6.07) is 4.42. The van der Waals surface area contributed by atoms with Crippen molar-refractivity contribution in [3.8, 4) is 5.75 Å². The molecule has 0 aliphatic carbocycles. The zero-order valence-corrected chi connectivity index (χ0v) is 13.4. The summed E-state index contributed by atoms with van der Waals surface area (Å²) in [4.78, 5) is 24.5. The Labute approximate surface area is 138 Å². The van der Waals surface area contributed by atoms with Crippen LogP contribution in [0.25, 0.3) is 0 Å². The van der Waals surface area contributed by atoms with Gasteiger partial charge in [-0.2, -0.15) is 0 Å². The second-order valence-electron chi connectivity index (χ2n) is 5.09. The van der Waals surface area contributed by atoms with Crippen molar-refractivity contribution in [2.24, 2.45) is 0 Å². The van der Waals surface area contributed by atoms with E-state index in [1.807, 2.05) is 0 Å². The third kappa shape index (κ3) is 4.05. The van der Waals surface area contributed by atoms with E-state index in [1.54, 1.807) is 18.2 Å². The van der Waals surface area contributed by atoms with E-state index in [1.165, 1.54) is 4.90 Å². The maximum atomic E-state index is 12.1. The summed E-state index contributed by atoms with van der Waals surface area (Å²) in [5.41, 5.74) is 0. The van der Waals surface area contributed by atoms with Crippen molar-refractivity contribution in [1.82, 2.24) is 4.90 Å². The fourth-order valence-corrected chi connectivity index (χ4v) is 2.81. The van der Waals surface area contributed by atoms with Crippen LogP contribution in [0.3, 0.4) is 0 Å². The van der Waals surface area contributed by atoms with Gasteiger partial charge >= 0.3 is 5.97 Å². The Morgan fingerprint density at radius 3 is 2.86 bits per heavy atom. The lowest BCUT2D eigenvalue weighted by atomic mass is 10.2. The van der Waals surface area contributed by atoms with Gasteiger partial charge in [0.05, 0.1) is 11.6 Å². The molecule has 120 valence electrons. The smallest absolute Gasteiger partial charge is 0.326 e. The molecule has 0 bridgehead atoms. The van der Waals surface area contributed by atoms with Gasteiger partial charge in [0.2, 0.25) is 5.91 Å². The molecule has 7 heteroatoms. The topological polar surface area (TPSA) is 66.8 Å². The highest BCUT2D eigenvalue weighted by molar-refractivity contribution is 6.42. The van der Waals surface area contributed by atoms with Gasteiger partial charge < -0.3 is 14.7 Å². The van der Waals surface area contributed by atoms with E-state index in [4.69, 9.17) is 33.0 Å². The molecule has 1 N–H and O–H groups in total. The normalized spacial score (nSPS) is 17.5. The molecule has 0 aromatic heterocycles. The highest BCUT2D eigenvalue weighted by Crippen LogP contribution is 2.31. The number of nitrogens with zero attached hydrogens (tertiary/aromatic N) is 1. The summed E-state index contributed by atoms with van der Waals surface area (Å²) in [6.45, 7) is 0.828. The summed E-state index contributed by atoms with van der Waals surface area (Å²) in [6.07, 6.45) is 2.00. The quantitative estimate of drug-likeness (QED) is 0.803. The SMILES string of the molecule is O=C(O)C1CCCN1C(=O)CCCOc1cccc(Cl)c1Cl. The summed E-state index contributed by atoms with van der Waals surface area (Å²) >= 11 is 11.9. The van der Waals surface area contributed by atoms with Gasteiger partial charge in [-0.3, -0.25) is 4.79 Å². The Bertz CT molecular complexity index is 564. The van der Waals surface area contributed by atoms with Crippen LogP contribution in [0, 0.1) is 0 Å². The number of benzene rings is 1. The van der Waals surface area contributed by atoms with Crippen LogP contribution in [-0.2, 0) is 9.59 Å². The summed E-state index contributed by atoms with van der Waals surface area (Å²) in [5, 5.41) is 9.83. The molecule has 5 nitrogen and oxygen atoms in total. The van der Waals surface area contributed by atoms with Crippen LogP contribution in [0.1, 0.15) is 25.7 Å². The molecule has 1 unspecified atom stereocenters. The fourth-order valence-electron chi connectivity index (χ4n) is 2.47. The van der Waals surface area contributed by atoms with Crippen LogP contribution in [-0.4, -0.2) is 41.1 Å². The Kier molecular flexibility index (Phi) is 5.91. The number of carboxylic acid groups (broad SMARTS) is 1. The van der Waals surface area contributed by atoms with E-state index in [0.717, 1.165) is 6.42 Å². The fraction of sp³-hybridized carbons (Fsp3) is 0.467. The van der Waals surface area contributed by atoms with Crippen LogP contribution in [0.5, 0.6) is 5.75 Å².